The molecule has 6 nitrogen and oxygen atoms in total. The molecule has 1 amide bonds. The predicted octanol–water partition coefficient (Wildman–Crippen LogP) is 2.96. The van der Waals surface area contributed by atoms with Gasteiger partial charge < -0.3 is 10.1 Å². The third kappa shape index (κ3) is 4.47. The predicted molar refractivity (Wildman–Crippen MR) is 110 cm³/mol. The number of nitrogens with one attached hydrogen (secondary N) is 1. The summed E-state index contributed by atoms with van der Waals surface area (Å²) in [4.78, 5) is 12.7. The molecule has 0 spiro atoms. The standard InChI is InChI=1S/C21H26N2O4S/c1-15-7-4-5-10-20(15)23(28(3,25)26)14-21(24)22-19-9-6-8-16-13-17(27-2)11-12-18(16)19/h4-5,7,10-13,19H,6,8-9,14H2,1-3H3,(H,22,24). The van der Waals surface area contributed by atoms with Crippen LogP contribution in [0.3, 0.4) is 0 Å². The molecule has 0 fully saturated rings. The fourth-order valence-electron chi connectivity index (χ4n) is 3.66. The molecule has 28 heavy (non-hydrogen) atoms. The van der Waals surface area contributed by atoms with Crippen molar-refractivity contribution < 1.29 is 17.9 Å². The summed E-state index contributed by atoms with van der Waals surface area (Å²) in [7, 11) is -1.96. The van der Waals surface area contributed by atoms with Gasteiger partial charge in [-0.15, -0.1) is 0 Å². The van der Waals surface area contributed by atoms with Crippen LogP contribution in [0.2, 0.25) is 0 Å². The van der Waals surface area contributed by atoms with Crippen LogP contribution < -0.4 is 14.4 Å². The highest BCUT2D eigenvalue weighted by atomic mass is 32.2. The lowest BCUT2D eigenvalue weighted by Gasteiger charge is -2.29. The van der Waals surface area contributed by atoms with Crippen molar-refractivity contribution in [2.75, 3.05) is 24.2 Å². The number of methoxy groups -OCH3 is 1. The van der Waals surface area contributed by atoms with Crippen LogP contribution in [0.4, 0.5) is 5.69 Å². The van der Waals surface area contributed by atoms with Gasteiger partial charge in [-0.1, -0.05) is 24.3 Å². The van der Waals surface area contributed by atoms with E-state index in [9.17, 15) is 13.2 Å². The number of hydrogen-bond donors (Lipinski definition) is 1. The minimum atomic E-state index is -3.59. The number of hydrogen-bond acceptors (Lipinski definition) is 4. The quantitative estimate of drug-likeness (QED) is 0.806. The molecule has 1 aliphatic rings. The summed E-state index contributed by atoms with van der Waals surface area (Å²) >= 11 is 0. The zero-order valence-electron chi connectivity index (χ0n) is 16.4. The van der Waals surface area contributed by atoms with Gasteiger partial charge in [0.2, 0.25) is 15.9 Å². The highest BCUT2D eigenvalue weighted by molar-refractivity contribution is 7.92. The number of amides is 1. The minimum absolute atomic E-state index is 0.125. The van der Waals surface area contributed by atoms with Crippen molar-refractivity contribution in [3.8, 4) is 5.75 Å². The number of carbonyl (C=O) groups excluding carboxylic acids is 1. The summed E-state index contributed by atoms with van der Waals surface area (Å²) in [5.74, 6) is 0.482. The largest absolute Gasteiger partial charge is 0.497 e. The molecule has 0 heterocycles. The van der Waals surface area contributed by atoms with E-state index in [1.54, 1.807) is 19.2 Å². The second kappa shape index (κ2) is 8.22. The van der Waals surface area contributed by atoms with Crippen LogP contribution in [0.25, 0.3) is 0 Å². The van der Waals surface area contributed by atoms with Crippen LogP contribution in [0.1, 0.15) is 35.6 Å². The molecule has 1 N–H and O–H groups in total. The fraction of sp³-hybridized carbons (Fsp3) is 0.381. The lowest BCUT2D eigenvalue weighted by molar-refractivity contribution is -0.120. The van der Waals surface area contributed by atoms with Gasteiger partial charge in [0, 0.05) is 0 Å². The number of anilines is 1. The van der Waals surface area contributed by atoms with Gasteiger partial charge in [0.05, 0.1) is 25.1 Å². The van der Waals surface area contributed by atoms with Gasteiger partial charge >= 0.3 is 0 Å². The molecule has 2 aromatic rings. The normalized spacial score (nSPS) is 16.2. The number of aryl methyl sites for hydroxylation is 2. The van der Waals surface area contributed by atoms with Crippen LogP contribution in [-0.2, 0) is 21.2 Å². The Morgan fingerprint density at radius 2 is 2.00 bits per heavy atom. The lowest BCUT2D eigenvalue weighted by Crippen LogP contribution is -2.42. The molecule has 0 bridgehead atoms. The molecule has 1 unspecified atom stereocenters. The van der Waals surface area contributed by atoms with Gasteiger partial charge in [-0.2, -0.15) is 0 Å². The summed E-state index contributed by atoms with van der Waals surface area (Å²) in [5.41, 5.74) is 3.56. The number of para-hydroxylation sites is 1. The van der Waals surface area contributed by atoms with Crippen LogP contribution >= 0.6 is 0 Å². The summed E-state index contributed by atoms with van der Waals surface area (Å²) in [5, 5.41) is 3.02. The maximum atomic E-state index is 12.7. The Labute approximate surface area is 166 Å². The maximum Gasteiger partial charge on any atom is 0.241 e. The number of nitrogens with zero attached hydrogens (tertiary/aromatic N) is 1. The molecule has 0 aliphatic heterocycles. The molecule has 0 aromatic heterocycles. The molecule has 0 saturated carbocycles. The van der Waals surface area contributed by atoms with Gasteiger partial charge in [-0.05, 0) is 61.1 Å². The molecule has 0 saturated heterocycles. The Bertz CT molecular complexity index is 972. The first-order valence-corrected chi connectivity index (χ1v) is 11.1. The van der Waals surface area contributed by atoms with Crippen molar-refractivity contribution in [1.29, 1.82) is 0 Å². The minimum Gasteiger partial charge on any atom is -0.497 e. The topological polar surface area (TPSA) is 75.7 Å². The average Bonchev–Trinajstić information content (AvgIpc) is 2.66. The van der Waals surface area contributed by atoms with E-state index < -0.39 is 10.0 Å². The fourth-order valence-corrected chi connectivity index (χ4v) is 4.58. The molecular weight excluding hydrogens is 376 g/mol. The lowest BCUT2D eigenvalue weighted by atomic mass is 9.87. The zero-order chi connectivity index (χ0) is 20.3. The van der Waals surface area contributed by atoms with Gasteiger partial charge in [0.1, 0.15) is 12.3 Å². The second-order valence-corrected chi connectivity index (χ2v) is 9.04. The number of carbonyl (C=O) groups is 1. The highest BCUT2D eigenvalue weighted by Crippen LogP contribution is 2.32. The molecule has 1 atom stereocenters. The Morgan fingerprint density at radius 3 is 2.68 bits per heavy atom. The van der Waals surface area contributed by atoms with E-state index in [1.807, 2.05) is 37.3 Å². The Kier molecular flexibility index (Phi) is 5.93. The smallest absolute Gasteiger partial charge is 0.241 e. The second-order valence-electron chi connectivity index (χ2n) is 7.13. The van der Waals surface area contributed by atoms with E-state index >= 15 is 0 Å². The maximum absolute atomic E-state index is 12.7. The summed E-state index contributed by atoms with van der Waals surface area (Å²) in [6.45, 7) is 1.59. The van der Waals surface area contributed by atoms with E-state index in [0.29, 0.717) is 5.69 Å². The first-order chi connectivity index (χ1) is 13.3. The van der Waals surface area contributed by atoms with E-state index in [4.69, 9.17) is 4.74 Å². The Hall–Kier alpha value is -2.54. The van der Waals surface area contributed by atoms with Gasteiger partial charge in [-0.3, -0.25) is 9.10 Å². The first kappa shape index (κ1) is 20.2. The average molecular weight is 403 g/mol. The first-order valence-electron chi connectivity index (χ1n) is 9.29. The van der Waals surface area contributed by atoms with Crippen molar-refractivity contribution in [2.45, 2.75) is 32.2 Å². The molecule has 150 valence electrons. The molecule has 2 aromatic carbocycles. The Balaban J connectivity index is 1.79. The summed E-state index contributed by atoms with van der Waals surface area (Å²) < 4.78 is 31.1. The van der Waals surface area contributed by atoms with Crippen LogP contribution in [0.15, 0.2) is 42.5 Å². The number of ether oxygens (including phenoxy) is 1. The highest BCUT2D eigenvalue weighted by Gasteiger charge is 2.26. The van der Waals surface area contributed by atoms with E-state index in [1.165, 1.54) is 0 Å². The molecule has 0 radical (unpaired) electrons. The number of benzene rings is 2. The van der Waals surface area contributed by atoms with Gasteiger partial charge in [-0.25, -0.2) is 8.42 Å². The van der Waals surface area contributed by atoms with Gasteiger partial charge in [0.15, 0.2) is 0 Å². The third-order valence-corrected chi connectivity index (χ3v) is 6.20. The van der Waals surface area contributed by atoms with E-state index in [0.717, 1.165) is 52.3 Å². The van der Waals surface area contributed by atoms with Crippen LogP contribution in [-0.4, -0.2) is 34.2 Å². The molecular formula is C21H26N2O4S. The monoisotopic (exact) mass is 402 g/mol. The summed E-state index contributed by atoms with van der Waals surface area (Å²) in [6.07, 6.45) is 3.85. The van der Waals surface area contributed by atoms with Crippen molar-refractivity contribution in [3.05, 3.63) is 59.2 Å². The molecule has 7 heteroatoms. The number of sulfonamides is 1. The molecule has 1 aliphatic carbocycles. The zero-order valence-corrected chi connectivity index (χ0v) is 17.3. The van der Waals surface area contributed by atoms with Gasteiger partial charge in [0.25, 0.3) is 0 Å². The van der Waals surface area contributed by atoms with Crippen LogP contribution in [0, 0.1) is 6.92 Å². The SMILES string of the molecule is COc1ccc2c(c1)CCCC2NC(=O)CN(c1ccccc1C)S(C)(=O)=O. The van der Waals surface area contributed by atoms with E-state index in [2.05, 4.69) is 5.32 Å². The number of fused-ring (bicyclic) bond motifs is 1. The third-order valence-electron chi connectivity index (χ3n) is 5.07. The van der Waals surface area contributed by atoms with Crippen molar-refractivity contribution in [3.63, 3.8) is 0 Å². The van der Waals surface area contributed by atoms with E-state index in [-0.39, 0.29) is 18.5 Å². The Morgan fingerprint density at radius 1 is 1.25 bits per heavy atom. The van der Waals surface area contributed by atoms with Crippen LogP contribution in [0.5, 0.6) is 5.75 Å². The van der Waals surface area contributed by atoms with Crippen molar-refractivity contribution in [1.82, 2.24) is 5.32 Å². The van der Waals surface area contributed by atoms with Crippen molar-refractivity contribution in [2.24, 2.45) is 0 Å². The summed E-state index contributed by atoms with van der Waals surface area (Å²) in [6, 6.07) is 12.9. The molecule has 3 rings (SSSR count). The number of rotatable bonds is 6. The van der Waals surface area contributed by atoms with Crippen molar-refractivity contribution >= 4 is 21.6 Å².